The van der Waals surface area contributed by atoms with Crippen molar-refractivity contribution in [3.05, 3.63) is 11.4 Å². The van der Waals surface area contributed by atoms with Gasteiger partial charge < -0.3 is 4.74 Å². The average molecular weight is 186 g/mol. The Balaban J connectivity index is 3.12. The predicted octanol–water partition coefficient (Wildman–Crippen LogP) is 0.175. The Morgan fingerprint density at radius 2 is 2.21 bits per heavy atom. The molecule has 1 heterocycles. The van der Waals surface area contributed by atoms with Crippen molar-refractivity contribution in [2.24, 2.45) is 7.05 Å². The van der Waals surface area contributed by atoms with E-state index in [0.717, 1.165) is 0 Å². The van der Waals surface area contributed by atoms with Gasteiger partial charge in [0.05, 0.1) is 0 Å². The topological polar surface area (TPSA) is 74.6 Å². The van der Waals surface area contributed by atoms with Gasteiger partial charge >= 0.3 is 0 Å². The molecule has 14 heavy (non-hydrogen) atoms. The van der Waals surface area contributed by atoms with E-state index >= 15 is 0 Å². The highest BCUT2D eigenvalue weighted by atomic mass is 16.5. The van der Waals surface area contributed by atoms with Crippen molar-refractivity contribution in [1.82, 2.24) is 9.55 Å². The summed E-state index contributed by atoms with van der Waals surface area (Å²) in [5.74, 6) is 2.27. The number of aromatic nitrogens is 2. The van der Waals surface area contributed by atoms with Gasteiger partial charge in [0.25, 0.3) is 6.01 Å². The number of hydrogen-bond donors (Lipinski definition) is 0. The van der Waals surface area contributed by atoms with Crippen LogP contribution in [-0.2, 0) is 7.05 Å². The average Bonchev–Trinajstić information content (AvgIpc) is 2.51. The minimum Gasteiger partial charge on any atom is -0.451 e. The molecule has 5 heteroatoms. The Morgan fingerprint density at radius 3 is 2.64 bits per heavy atom. The van der Waals surface area contributed by atoms with Gasteiger partial charge in [-0.3, -0.25) is 4.57 Å². The fourth-order valence-corrected chi connectivity index (χ4v) is 0.919. The number of hydrogen-bond acceptors (Lipinski definition) is 4. The molecule has 5 nitrogen and oxygen atoms in total. The molecule has 0 aliphatic carbocycles. The number of imidazole rings is 1. The molecule has 0 radical (unpaired) electrons. The van der Waals surface area contributed by atoms with Crippen LogP contribution in [0.1, 0.15) is 11.4 Å². The molecule has 0 fully saturated rings. The highest BCUT2D eigenvalue weighted by Gasteiger charge is 2.14. The SMILES string of the molecule is C#CCOc1nc(C#N)c(C#N)n1C. The highest BCUT2D eigenvalue weighted by Crippen LogP contribution is 2.14. The van der Waals surface area contributed by atoms with Gasteiger partial charge in [-0.05, 0) is 0 Å². The third kappa shape index (κ3) is 1.50. The zero-order valence-electron chi connectivity index (χ0n) is 7.48. The smallest absolute Gasteiger partial charge is 0.299 e. The largest absolute Gasteiger partial charge is 0.451 e. The van der Waals surface area contributed by atoms with E-state index < -0.39 is 0 Å². The minimum atomic E-state index is 0.0435. The van der Waals surface area contributed by atoms with E-state index in [9.17, 15) is 0 Å². The summed E-state index contributed by atoms with van der Waals surface area (Å²) in [4.78, 5) is 3.80. The summed E-state index contributed by atoms with van der Waals surface area (Å²) < 4.78 is 6.41. The summed E-state index contributed by atoms with van der Waals surface area (Å²) in [5, 5.41) is 17.4. The van der Waals surface area contributed by atoms with Gasteiger partial charge in [-0.25, -0.2) is 0 Å². The van der Waals surface area contributed by atoms with Crippen molar-refractivity contribution >= 4 is 0 Å². The Bertz CT molecular complexity index is 467. The molecule has 1 rings (SSSR count). The van der Waals surface area contributed by atoms with Gasteiger partial charge in [0.1, 0.15) is 12.1 Å². The second-order valence-electron chi connectivity index (χ2n) is 2.37. The summed E-state index contributed by atoms with van der Waals surface area (Å²) in [6.07, 6.45) is 4.99. The zero-order valence-corrected chi connectivity index (χ0v) is 7.48. The molecule has 0 spiro atoms. The molecule has 68 valence electrons. The van der Waals surface area contributed by atoms with E-state index in [2.05, 4.69) is 10.9 Å². The van der Waals surface area contributed by atoms with Crippen molar-refractivity contribution in [3.63, 3.8) is 0 Å². The molecular weight excluding hydrogens is 180 g/mol. The van der Waals surface area contributed by atoms with Crippen molar-refractivity contribution in [2.75, 3.05) is 6.61 Å². The molecule has 0 bridgehead atoms. The van der Waals surface area contributed by atoms with Gasteiger partial charge in [-0.15, -0.1) is 6.42 Å². The van der Waals surface area contributed by atoms with Crippen LogP contribution in [0.5, 0.6) is 6.01 Å². The van der Waals surface area contributed by atoms with Gasteiger partial charge in [-0.1, -0.05) is 5.92 Å². The molecule has 0 amide bonds. The van der Waals surface area contributed by atoms with Crippen LogP contribution >= 0.6 is 0 Å². The third-order valence-electron chi connectivity index (χ3n) is 1.55. The second kappa shape index (κ2) is 3.98. The van der Waals surface area contributed by atoms with E-state index in [4.69, 9.17) is 21.7 Å². The first-order valence-electron chi connectivity index (χ1n) is 3.67. The summed E-state index contributed by atoms with van der Waals surface area (Å²) in [6.45, 7) is 0.0561. The van der Waals surface area contributed by atoms with Crippen LogP contribution < -0.4 is 4.74 Å². The lowest BCUT2D eigenvalue weighted by Gasteiger charge is -2.00. The fraction of sp³-hybridized carbons (Fsp3) is 0.222. The number of terminal acetylenes is 1. The first kappa shape index (κ1) is 9.64. The minimum absolute atomic E-state index is 0.0435. The Labute approximate surface area is 81.2 Å². The van der Waals surface area contributed by atoms with Crippen molar-refractivity contribution in [3.8, 4) is 30.5 Å². The molecule has 0 N–H and O–H groups in total. The first-order chi connectivity index (χ1) is 6.74. The van der Waals surface area contributed by atoms with Crippen molar-refractivity contribution < 1.29 is 4.74 Å². The molecule has 1 aromatic heterocycles. The molecule has 0 atom stereocenters. The van der Waals surface area contributed by atoms with E-state index in [1.54, 1.807) is 13.1 Å². The number of ether oxygens (including phenoxy) is 1. The van der Waals surface area contributed by atoms with Crippen molar-refractivity contribution in [2.45, 2.75) is 0 Å². The number of rotatable bonds is 2. The Morgan fingerprint density at radius 1 is 1.50 bits per heavy atom. The van der Waals surface area contributed by atoms with Crippen LogP contribution in [0.4, 0.5) is 0 Å². The van der Waals surface area contributed by atoms with E-state index in [0.29, 0.717) is 0 Å². The summed E-state index contributed by atoms with van der Waals surface area (Å²) >= 11 is 0. The van der Waals surface area contributed by atoms with E-state index in [1.165, 1.54) is 4.57 Å². The molecule has 0 aliphatic heterocycles. The highest BCUT2D eigenvalue weighted by molar-refractivity contribution is 5.39. The third-order valence-corrected chi connectivity index (χ3v) is 1.55. The van der Waals surface area contributed by atoms with E-state index in [-0.39, 0.29) is 24.0 Å². The quantitative estimate of drug-likeness (QED) is 0.617. The van der Waals surface area contributed by atoms with Crippen LogP contribution in [0.2, 0.25) is 0 Å². The molecule has 0 aromatic carbocycles. The summed E-state index contributed by atoms with van der Waals surface area (Å²) in [5.41, 5.74) is 0.210. The van der Waals surface area contributed by atoms with Gasteiger partial charge in [0.15, 0.2) is 18.0 Å². The normalized spacial score (nSPS) is 8.43. The number of nitrogens with zero attached hydrogens (tertiary/aromatic N) is 4. The van der Waals surface area contributed by atoms with Gasteiger partial charge in [0.2, 0.25) is 0 Å². The molecular formula is C9H6N4O. The maximum absolute atomic E-state index is 8.71. The zero-order chi connectivity index (χ0) is 10.6. The predicted molar refractivity (Wildman–Crippen MR) is 47.0 cm³/mol. The van der Waals surface area contributed by atoms with Gasteiger partial charge in [-0.2, -0.15) is 15.5 Å². The van der Waals surface area contributed by atoms with Crippen LogP contribution in [-0.4, -0.2) is 16.2 Å². The summed E-state index contributed by atoms with van der Waals surface area (Å²) in [7, 11) is 1.58. The van der Waals surface area contributed by atoms with Crippen LogP contribution in [0, 0.1) is 35.0 Å². The Hall–Kier alpha value is -2.45. The summed E-state index contributed by atoms with van der Waals surface area (Å²) in [6, 6.07) is 3.83. The maximum Gasteiger partial charge on any atom is 0.299 e. The maximum atomic E-state index is 8.71. The lowest BCUT2D eigenvalue weighted by Crippen LogP contribution is -2.01. The Kier molecular flexibility index (Phi) is 2.74. The lowest BCUT2D eigenvalue weighted by molar-refractivity contribution is 0.328. The molecule has 0 saturated heterocycles. The van der Waals surface area contributed by atoms with Crippen molar-refractivity contribution in [1.29, 1.82) is 10.5 Å². The van der Waals surface area contributed by atoms with Gasteiger partial charge in [0, 0.05) is 7.05 Å². The number of nitriles is 2. The standard InChI is InChI=1S/C9H6N4O/c1-3-4-14-9-12-7(5-10)8(6-11)13(9)2/h1H,4H2,2H3. The van der Waals surface area contributed by atoms with Crippen LogP contribution in [0.15, 0.2) is 0 Å². The first-order valence-corrected chi connectivity index (χ1v) is 3.67. The van der Waals surface area contributed by atoms with E-state index in [1.807, 2.05) is 6.07 Å². The molecule has 0 saturated carbocycles. The second-order valence-corrected chi connectivity index (χ2v) is 2.37. The fourth-order valence-electron chi connectivity index (χ4n) is 0.919. The molecule has 0 unspecified atom stereocenters. The monoisotopic (exact) mass is 186 g/mol. The molecule has 0 aliphatic rings. The lowest BCUT2D eigenvalue weighted by atomic mass is 10.4. The van der Waals surface area contributed by atoms with Crippen LogP contribution in [0.3, 0.4) is 0 Å². The molecule has 1 aromatic rings. The van der Waals surface area contributed by atoms with Crippen LogP contribution in [0.25, 0.3) is 0 Å².